The standard InChI is InChI=1S/C20H16Cl2N2O4S/c1-28-16-7-5-15(6-8-16)23-20(25)18-12-14(22)4-11-19(18)24-29(26,27)17-9-2-13(21)3-10-17/h2-12,24H,1H3,(H,23,25). The maximum atomic E-state index is 12.8. The zero-order valence-electron chi connectivity index (χ0n) is 15.1. The smallest absolute Gasteiger partial charge is 0.261 e. The summed E-state index contributed by atoms with van der Waals surface area (Å²) in [6.45, 7) is 0. The third-order valence-electron chi connectivity index (χ3n) is 3.94. The first-order valence-corrected chi connectivity index (χ1v) is 10.6. The van der Waals surface area contributed by atoms with E-state index < -0.39 is 15.9 Å². The number of ether oxygens (including phenoxy) is 1. The van der Waals surface area contributed by atoms with Crippen molar-refractivity contribution in [3.05, 3.63) is 82.3 Å². The van der Waals surface area contributed by atoms with Crippen molar-refractivity contribution in [2.75, 3.05) is 17.1 Å². The summed E-state index contributed by atoms with van der Waals surface area (Å²) in [4.78, 5) is 12.8. The largest absolute Gasteiger partial charge is 0.497 e. The van der Waals surface area contributed by atoms with Crippen LogP contribution in [0.1, 0.15) is 10.4 Å². The summed E-state index contributed by atoms with van der Waals surface area (Å²) in [5, 5.41) is 3.41. The van der Waals surface area contributed by atoms with Crippen LogP contribution in [0.5, 0.6) is 5.75 Å². The van der Waals surface area contributed by atoms with Gasteiger partial charge in [-0.1, -0.05) is 23.2 Å². The summed E-state index contributed by atoms with van der Waals surface area (Å²) in [6, 6.07) is 16.7. The van der Waals surface area contributed by atoms with Crippen LogP contribution in [0.2, 0.25) is 10.0 Å². The molecule has 0 aliphatic heterocycles. The zero-order valence-corrected chi connectivity index (χ0v) is 17.5. The van der Waals surface area contributed by atoms with Crippen molar-refractivity contribution in [2.24, 2.45) is 0 Å². The predicted molar refractivity (Wildman–Crippen MR) is 115 cm³/mol. The number of hydrogen-bond acceptors (Lipinski definition) is 4. The molecule has 0 aliphatic carbocycles. The highest BCUT2D eigenvalue weighted by atomic mass is 35.5. The van der Waals surface area contributed by atoms with Crippen molar-refractivity contribution in [1.82, 2.24) is 0 Å². The number of amides is 1. The Labute approximate surface area is 178 Å². The summed E-state index contributed by atoms with van der Waals surface area (Å²) in [6.07, 6.45) is 0. The van der Waals surface area contributed by atoms with Gasteiger partial charge in [0, 0.05) is 15.7 Å². The van der Waals surface area contributed by atoms with E-state index in [4.69, 9.17) is 27.9 Å². The Morgan fingerprint density at radius 1 is 0.897 bits per heavy atom. The number of halogens is 2. The minimum atomic E-state index is -3.93. The first-order valence-electron chi connectivity index (χ1n) is 8.32. The summed E-state index contributed by atoms with van der Waals surface area (Å²) in [7, 11) is -2.39. The molecular weight excluding hydrogens is 435 g/mol. The highest BCUT2D eigenvalue weighted by Gasteiger charge is 2.19. The van der Waals surface area contributed by atoms with Crippen LogP contribution in [0.3, 0.4) is 0 Å². The molecule has 0 bridgehead atoms. The fourth-order valence-corrected chi connectivity index (χ4v) is 3.86. The second kappa shape index (κ2) is 8.73. The Balaban J connectivity index is 1.88. The average Bonchev–Trinajstić information content (AvgIpc) is 2.70. The van der Waals surface area contributed by atoms with E-state index in [9.17, 15) is 13.2 Å². The second-order valence-corrected chi connectivity index (χ2v) is 8.49. The van der Waals surface area contributed by atoms with Gasteiger partial charge in [0.15, 0.2) is 0 Å². The molecule has 0 unspecified atom stereocenters. The molecule has 29 heavy (non-hydrogen) atoms. The van der Waals surface area contributed by atoms with Gasteiger partial charge in [0.1, 0.15) is 5.75 Å². The van der Waals surface area contributed by atoms with Gasteiger partial charge in [-0.25, -0.2) is 8.42 Å². The van der Waals surface area contributed by atoms with Crippen LogP contribution >= 0.6 is 23.2 Å². The van der Waals surface area contributed by atoms with E-state index in [1.165, 1.54) is 42.5 Å². The molecular formula is C20H16Cl2N2O4S. The van der Waals surface area contributed by atoms with Gasteiger partial charge in [0.05, 0.1) is 23.3 Å². The number of sulfonamides is 1. The van der Waals surface area contributed by atoms with E-state index in [1.54, 1.807) is 31.4 Å². The lowest BCUT2D eigenvalue weighted by atomic mass is 10.1. The number of hydrogen-bond donors (Lipinski definition) is 2. The molecule has 0 aliphatic rings. The highest BCUT2D eigenvalue weighted by molar-refractivity contribution is 7.92. The van der Waals surface area contributed by atoms with Crippen molar-refractivity contribution in [3.8, 4) is 5.75 Å². The molecule has 0 saturated heterocycles. The van der Waals surface area contributed by atoms with Crippen molar-refractivity contribution in [2.45, 2.75) is 4.90 Å². The number of nitrogens with one attached hydrogen (secondary N) is 2. The number of benzene rings is 3. The molecule has 0 atom stereocenters. The molecule has 2 N–H and O–H groups in total. The Kier molecular flexibility index (Phi) is 6.32. The molecule has 6 nitrogen and oxygen atoms in total. The van der Waals surface area contributed by atoms with Crippen LogP contribution in [0.25, 0.3) is 0 Å². The fraction of sp³-hybridized carbons (Fsp3) is 0.0500. The maximum absolute atomic E-state index is 12.8. The van der Waals surface area contributed by atoms with E-state index in [0.717, 1.165) is 0 Å². The molecule has 150 valence electrons. The lowest BCUT2D eigenvalue weighted by molar-refractivity contribution is 0.102. The minimum Gasteiger partial charge on any atom is -0.497 e. The van der Waals surface area contributed by atoms with E-state index in [0.29, 0.717) is 21.5 Å². The third kappa shape index (κ3) is 5.20. The Morgan fingerprint density at radius 2 is 1.52 bits per heavy atom. The summed E-state index contributed by atoms with van der Waals surface area (Å²) in [5.74, 6) is 0.119. The van der Waals surface area contributed by atoms with E-state index in [1.807, 2.05) is 0 Å². The molecule has 3 rings (SSSR count). The fourth-order valence-electron chi connectivity index (χ4n) is 2.48. The van der Waals surface area contributed by atoms with Crippen molar-refractivity contribution < 1.29 is 17.9 Å². The van der Waals surface area contributed by atoms with Crippen molar-refractivity contribution >= 4 is 50.5 Å². The SMILES string of the molecule is COc1ccc(NC(=O)c2cc(Cl)ccc2NS(=O)(=O)c2ccc(Cl)cc2)cc1. The van der Waals surface area contributed by atoms with E-state index in [2.05, 4.69) is 10.0 Å². The first-order chi connectivity index (χ1) is 13.8. The lowest BCUT2D eigenvalue weighted by Crippen LogP contribution is -2.18. The minimum absolute atomic E-state index is 0.0124. The topological polar surface area (TPSA) is 84.5 Å². The van der Waals surface area contributed by atoms with Gasteiger partial charge < -0.3 is 10.1 Å². The van der Waals surface area contributed by atoms with Gasteiger partial charge >= 0.3 is 0 Å². The summed E-state index contributed by atoms with van der Waals surface area (Å²) < 4.78 is 32.8. The van der Waals surface area contributed by atoms with Crippen LogP contribution in [0, 0.1) is 0 Å². The molecule has 0 saturated carbocycles. The molecule has 0 aromatic heterocycles. The number of rotatable bonds is 6. The zero-order chi connectivity index (χ0) is 21.0. The number of anilines is 2. The molecule has 0 heterocycles. The van der Waals surface area contributed by atoms with Crippen LogP contribution < -0.4 is 14.8 Å². The van der Waals surface area contributed by atoms with Gasteiger partial charge in [-0.05, 0) is 66.7 Å². The van der Waals surface area contributed by atoms with Crippen LogP contribution in [-0.2, 0) is 10.0 Å². The molecule has 0 fully saturated rings. The maximum Gasteiger partial charge on any atom is 0.261 e. The van der Waals surface area contributed by atoms with Gasteiger partial charge in [-0.3, -0.25) is 9.52 Å². The van der Waals surface area contributed by atoms with Crippen molar-refractivity contribution in [3.63, 3.8) is 0 Å². The molecule has 1 amide bonds. The summed E-state index contributed by atoms with van der Waals surface area (Å²) >= 11 is 11.8. The number of carbonyl (C=O) groups excluding carboxylic acids is 1. The van der Waals surface area contributed by atoms with Gasteiger partial charge in [-0.15, -0.1) is 0 Å². The quantitative estimate of drug-likeness (QED) is 0.549. The van der Waals surface area contributed by atoms with Gasteiger partial charge in [0.25, 0.3) is 15.9 Å². The molecule has 3 aromatic rings. The second-order valence-electron chi connectivity index (χ2n) is 5.93. The van der Waals surface area contributed by atoms with Crippen LogP contribution in [0.15, 0.2) is 71.6 Å². The average molecular weight is 451 g/mol. The van der Waals surface area contributed by atoms with E-state index in [-0.39, 0.29) is 16.1 Å². The third-order valence-corrected chi connectivity index (χ3v) is 5.81. The molecule has 9 heteroatoms. The lowest BCUT2D eigenvalue weighted by Gasteiger charge is -2.13. The van der Waals surface area contributed by atoms with Gasteiger partial charge in [0.2, 0.25) is 0 Å². The Morgan fingerprint density at radius 3 is 2.14 bits per heavy atom. The Bertz CT molecular complexity index is 1130. The van der Waals surface area contributed by atoms with E-state index >= 15 is 0 Å². The van der Waals surface area contributed by atoms with Crippen molar-refractivity contribution in [1.29, 1.82) is 0 Å². The number of methoxy groups -OCH3 is 1. The van der Waals surface area contributed by atoms with Crippen LogP contribution in [-0.4, -0.2) is 21.4 Å². The molecule has 3 aromatic carbocycles. The highest BCUT2D eigenvalue weighted by Crippen LogP contribution is 2.26. The monoisotopic (exact) mass is 450 g/mol. The molecule has 0 spiro atoms. The van der Waals surface area contributed by atoms with Gasteiger partial charge in [-0.2, -0.15) is 0 Å². The normalized spacial score (nSPS) is 11.0. The molecule has 0 radical (unpaired) electrons. The predicted octanol–water partition coefficient (Wildman–Crippen LogP) is 5.06. The number of carbonyl (C=O) groups is 1. The summed E-state index contributed by atoms with van der Waals surface area (Å²) in [5.41, 5.74) is 0.684. The first kappa shape index (κ1) is 21.0. The van der Waals surface area contributed by atoms with Crippen LogP contribution in [0.4, 0.5) is 11.4 Å². The Hall–Kier alpha value is -2.74.